The molecule has 0 spiro atoms. The predicted molar refractivity (Wildman–Crippen MR) is 64.9 cm³/mol. The van der Waals surface area contributed by atoms with Crippen molar-refractivity contribution in [3.05, 3.63) is 23.5 Å². The van der Waals surface area contributed by atoms with Gasteiger partial charge in [0.25, 0.3) is 0 Å². The quantitative estimate of drug-likeness (QED) is 0.418. The largest absolute Gasteiger partial charge is 0.387 e. The first-order valence-corrected chi connectivity index (χ1v) is 5.27. The third kappa shape index (κ3) is 12.8. The van der Waals surface area contributed by atoms with Crippen LogP contribution >= 0.6 is 0 Å². The van der Waals surface area contributed by atoms with Gasteiger partial charge < -0.3 is 10.6 Å². The van der Waals surface area contributed by atoms with E-state index in [4.69, 9.17) is 0 Å². The standard InChI is InChI=1S/C12H20N2O2.Ni/c1-9(7-11(3)15)13-5-6-14-10(2)8-12(4)16;/h7-8,13-14H,5-6H2,1-4H3;. The maximum atomic E-state index is 10.7. The summed E-state index contributed by atoms with van der Waals surface area (Å²) in [5.41, 5.74) is 1.70. The summed E-state index contributed by atoms with van der Waals surface area (Å²) in [6, 6.07) is 0. The van der Waals surface area contributed by atoms with Gasteiger partial charge in [-0.3, -0.25) is 9.59 Å². The van der Waals surface area contributed by atoms with Crippen LogP contribution in [0.3, 0.4) is 0 Å². The monoisotopic (exact) mass is 282 g/mol. The normalized spacial score (nSPS) is 11.5. The van der Waals surface area contributed by atoms with Crippen molar-refractivity contribution in [2.45, 2.75) is 27.7 Å². The molecule has 0 fully saturated rings. The van der Waals surface area contributed by atoms with Gasteiger partial charge in [0.1, 0.15) is 0 Å². The Morgan fingerprint density at radius 2 is 1.12 bits per heavy atom. The number of ketones is 2. The molecule has 0 saturated heterocycles. The first-order chi connectivity index (χ1) is 7.41. The summed E-state index contributed by atoms with van der Waals surface area (Å²) in [6.45, 7) is 8.14. The van der Waals surface area contributed by atoms with E-state index in [9.17, 15) is 9.59 Å². The second-order valence-corrected chi connectivity index (χ2v) is 3.73. The van der Waals surface area contributed by atoms with E-state index in [1.54, 1.807) is 12.2 Å². The van der Waals surface area contributed by atoms with Gasteiger partial charge in [0, 0.05) is 41.0 Å². The Hall–Kier alpha value is -1.09. The Morgan fingerprint density at radius 3 is 1.35 bits per heavy atom. The first-order valence-electron chi connectivity index (χ1n) is 5.27. The molecule has 0 unspecified atom stereocenters. The van der Waals surface area contributed by atoms with Crippen LogP contribution in [0, 0.1) is 0 Å². The van der Waals surface area contributed by atoms with E-state index in [2.05, 4.69) is 10.6 Å². The van der Waals surface area contributed by atoms with Crippen LogP contribution in [-0.2, 0) is 26.1 Å². The fraction of sp³-hybridized carbons (Fsp3) is 0.500. The maximum absolute atomic E-state index is 10.7. The second-order valence-electron chi connectivity index (χ2n) is 3.73. The van der Waals surface area contributed by atoms with E-state index in [1.165, 1.54) is 13.8 Å². The van der Waals surface area contributed by atoms with Crippen molar-refractivity contribution in [2.75, 3.05) is 13.1 Å². The summed E-state index contributed by atoms with van der Waals surface area (Å²) in [5, 5.41) is 6.18. The van der Waals surface area contributed by atoms with E-state index in [0.717, 1.165) is 11.4 Å². The van der Waals surface area contributed by atoms with Gasteiger partial charge in [-0.2, -0.15) is 0 Å². The summed E-state index contributed by atoms with van der Waals surface area (Å²) in [6.07, 6.45) is 3.11. The molecule has 0 aromatic rings. The first kappa shape index (κ1) is 18.3. The number of hydrogen-bond acceptors (Lipinski definition) is 4. The molecule has 0 bridgehead atoms. The van der Waals surface area contributed by atoms with Crippen molar-refractivity contribution in [2.24, 2.45) is 0 Å². The summed E-state index contributed by atoms with van der Waals surface area (Å²) in [4.78, 5) is 21.5. The van der Waals surface area contributed by atoms with Crippen molar-refractivity contribution in [3.63, 3.8) is 0 Å². The van der Waals surface area contributed by atoms with Gasteiger partial charge in [-0.25, -0.2) is 0 Å². The average molecular weight is 283 g/mol. The predicted octanol–water partition coefficient (Wildman–Crippen LogP) is 1.15. The molecule has 0 aromatic heterocycles. The summed E-state index contributed by atoms with van der Waals surface area (Å²) >= 11 is 0. The molecule has 0 aromatic carbocycles. The van der Waals surface area contributed by atoms with Crippen LogP contribution in [0.4, 0.5) is 0 Å². The number of carbonyl (C=O) groups is 2. The molecule has 0 aliphatic rings. The van der Waals surface area contributed by atoms with E-state index in [0.29, 0.717) is 13.1 Å². The van der Waals surface area contributed by atoms with Crippen LogP contribution in [0.25, 0.3) is 0 Å². The summed E-state index contributed by atoms with van der Waals surface area (Å²) in [7, 11) is 0. The molecule has 0 saturated carbocycles. The molecule has 2 N–H and O–H groups in total. The average Bonchev–Trinajstić information content (AvgIpc) is 2.10. The fourth-order valence-electron chi connectivity index (χ4n) is 1.23. The summed E-state index contributed by atoms with van der Waals surface area (Å²) in [5.74, 6) is 0.0660. The number of carbonyl (C=O) groups excluding carboxylic acids is 2. The van der Waals surface area contributed by atoms with Gasteiger partial charge in [0.2, 0.25) is 0 Å². The van der Waals surface area contributed by atoms with Gasteiger partial charge in [0.15, 0.2) is 11.6 Å². The molecule has 0 amide bonds. The third-order valence-corrected chi connectivity index (χ3v) is 1.77. The van der Waals surface area contributed by atoms with Gasteiger partial charge in [-0.15, -0.1) is 0 Å². The van der Waals surface area contributed by atoms with E-state index in [-0.39, 0.29) is 28.1 Å². The van der Waals surface area contributed by atoms with Crippen LogP contribution in [-0.4, -0.2) is 24.7 Å². The summed E-state index contributed by atoms with van der Waals surface area (Å²) < 4.78 is 0. The van der Waals surface area contributed by atoms with Gasteiger partial charge in [0.05, 0.1) is 0 Å². The van der Waals surface area contributed by atoms with E-state index >= 15 is 0 Å². The van der Waals surface area contributed by atoms with Gasteiger partial charge >= 0.3 is 0 Å². The van der Waals surface area contributed by atoms with Crippen LogP contribution in [0.2, 0.25) is 0 Å². The maximum Gasteiger partial charge on any atom is 0.154 e. The fourth-order valence-corrected chi connectivity index (χ4v) is 1.23. The van der Waals surface area contributed by atoms with Gasteiger partial charge in [-0.1, -0.05) is 0 Å². The van der Waals surface area contributed by atoms with E-state index in [1.807, 2.05) is 13.8 Å². The van der Waals surface area contributed by atoms with E-state index < -0.39 is 0 Å². The third-order valence-electron chi connectivity index (χ3n) is 1.77. The molecule has 0 aliphatic heterocycles. The zero-order valence-electron chi connectivity index (χ0n) is 10.7. The Balaban J connectivity index is 0. The topological polar surface area (TPSA) is 58.2 Å². The Kier molecular flexibility index (Phi) is 10.9. The van der Waals surface area contributed by atoms with Crippen molar-refractivity contribution >= 4 is 11.6 Å². The van der Waals surface area contributed by atoms with Crippen LogP contribution in [0.15, 0.2) is 23.5 Å². The van der Waals surface area contributed by atoms with Crippen molar-refractivity contribution in [1.29, 1.82) is 0 Å². The molecule has 17 heavy (non-hydrogen) atoms. The number of rotatable bonds is 7. The Labute approximate surface area is 113 Å². The molecule has 100 valence electrons. The molecular weight excluding hydrogens is 263 g/mol. The van der Waals surface area contributed by atoms with Crippen molar-refractivity contribution in [3.8, 4) is 0 Å². The molecular formula is C12H20N2NiO2. The zero-order chi connectivity index (χ0) is 12.6. The number of allylic oxidation sites excluding steroid dienone is 4. The van der Waals surface area contributed by atoms with Crippen molar-refractivity contribution < 1.29 is 26.1 Å². The molecule has 0 radical (unpaired) electrons. The molecule has 0 aliphatic carbocycles. The second kappa shape index (κ2) is 10.1. The Bertz CT molecular complexity index is 290. The van der Waals surface area contributed by atoms with Crippen LogP contribution < -0.4 is 10.6 Å². The zero-order valence-corrected chi connectivity index (χ0v) is 11.7. The van der Waals surface area contributed by atoms with Crippen LogP contribution in [0.5, 0.6) is 0 Å². The molecule has 0 rings (SSSR count). The minimum absolute atomic E-state index is 0. The molecule has 0 atom stereocenters. The number of hydrogen-bond donors (Lipinski definition) is 2. The SMILES string of the molecule is CC(=O)C=C(C)NCCNC(C)=CC(C)=O.[Ni]. The minimum Gasteiger partial charge on any atom is -0.387 e. The molecule has 0 heterocycles. The van der Waals surface area contributed by atoms with Crippen molar-refractivity contribution in [1.82, 2.24) is 10.6 Å². The van der Waals surface area contributed by atoms with Crippen LogP contribution in [0.1, 0.15) is 27.7 Å². The van der Waals surface area contributed by atoms with Gasteiger partial charge in [-0.05, 0) is 39.8 Å². The smallest absolute Gasteiger partial charge is 0.154 e. The molecule has 4 nitrogen and oxygen atoms in total. The minimum atomic E-state index is 0. The Morgan fingerprint density at radius 1 is 0.824 bits per heavy atom. The molecule has 5 heteroatoms. The number of nitrogens with one attached hydrogen (secondary N) is 2.